The molecule has 3 rings (SSSR count). The molecule has 1 aliphatic rings. The van der Waals surface area contributed by atoms with E-state index in [-0.39, 0.29) is 24.7 Å². The summed E-state index contributed by atoms with van der Waals surface area (Å²) >= 11 is 0. The predicted octanol–water partition coefficient (Wildman–Crippen LogP) is 4.36. The van der Waals surface area contributed by atoms with Crippen LogP contribution in [0.5, 0.6) is 0 Å². The van der Waals surface area contributed by atoms with Crippen LogP contribution in [-0.4, -0.2) is 38.5 Å². The first kappa shape index (κ1) is 24.0. The first-order chi connectivity index (χ1) is 15.0. The van der Waals surface area contributed by atoms with Gasteiger partial charge in [-0.25, -0.2) is 4.98 Å². The third-order valence-corrected chi connectivity index (χ3v) is 6.66. The second kappa shape index (κ2) is 9.84. The number of pyridine rings is 1. The number of carboxylic acids is 1. The van der Waals surface area contributed by atoms with Gasteiger partial charge in [0.1, 0.15) is 5.82 Å². The highest BCUT2D eigenvalue weighted by Crippen LogP contribution is 2.38. The summed E-state index contributed by atoms with van der Waals surface area (Å²) in [7, 11) is 0. The first-order valence-corrected chi connectivity index (χ1v) is 11.5. The number of carbonyl (C=O) groups excluding carboxylic acids is 1. The van der Waals surface area contributed by atoms with Crippen molar-refractivity contribution in [3.8, 4) is 0 Å². The van der Waals surface area contributed by atoms with E-state index in [0.717, 1.165) is 29.7 Å². The van der Waals surface area contributed by atoms with Crippen molar-refractivity contribution in [2.75, 3.05) is 6.54 Å². The Morgan fingerprint density at radius 3 is 2.72 bits per heavy atom. The van der Waals surface area contributed by atoms with E-state index in [1.807, 2.05) is 26.1 Å². The molecule has 2 aromatic heterocycles. The molecule has 2 aromatic rings. The number of aromatic nitrogens is 3. The normalized spacial score (nSPS) is 21.6. The number of carboxylic acid groups (broad SMARTS) is 1. The summed E-state index contributed by atoms with van der Waals surface area (Å²) in [4.78, 5) is 35.8. The largest absolute Gasteiger partial charge is 0.481 e. The van der Waals surface area contributed by atoms with Crippen LogP contribution in [0.25, 0.3) is 11.0 Å². The fourth-order valence-electron chi connectivity index (χ4n) is 4.95. The van der Waals surface area contributed by atoms with E-state index in [4.69, 9.17) is 10.1 Å². The van der Waals surface area contributed by atoms with Crippen LogP contribution >= 0.6 is 0 Å². The van der Waals surface area contributed by atoms with Gasteiger partial charge in [0.2, 0.25) is 5.91 Å². The Labute approximate surface area is 190 Å². The summed E-state index contributed by atoms with van der Waals surface area (Å²) in [5.41, 5.74) is 2.69. The van der Waals surface area contributed by atoms with Crippen LogP contribution in [0.15, 0.2) is 30.1 Å². The molecule has 3 N–H and O–H groups in total. The Morgan fingerprint density at radius 1 is 1.31 bits per heavy atom. The Bertz CT molecular complexity index is 959. The van der Waals surface area contributed by atoms with E-state index >= 15 is 0 Å². The lowest BCUT2D eigenvalue weighted by Gasteiger charge is -2.37. The van der Waals surface area contributed by atoms with Gasteiger partial charge in [0.05, 0.1) is 23.7 Å². The minimum Gasteiger partial charge on any atom is -0.481 e. The number of hydrogen-bond acceptors (Lipinski definition) is 4. The van der Waals surface area contributed by atoms with Gasteiger partial charge in [-0.1, -0.05) is 39.3 Å². The average molecular weight is 441 g/mol. The molecule has 0 spiro atoms. The van der Waals surface area contributed by atoms with Gasteiger partial charge in [-0.3, -0.25) is 14.6 Å². The summed E-state index contributed by atoms with van der Waals surface area (Å²) < 4.78 is 0. The highest BCUT2D eigenvalue weighted by Gasteiger charge is 2.33. The van der Waals surface area contributed by atoms with Gasteiger partial charge >= 0.3 is 5.97 Å². The molecule has 7 nitrogen and oxygen atoms in total. The van der Waals surface area contributed by atoms with Gasteiger partial charge in [-0.2, -0.15) is 0 Å². The Hall–Kier alpha value is -2.70. The average Bonchev–Trinajstić information content (AvgIpc) is 3.08. The number of rotatable bonds is 9. The van der Waals surface area contributed by atoms with Crippen LogP contribution in [0.1, 0.15) is 59.7 Å². The number of nitrogens with zero attached hydrogens (tertiary/aromatic N) is 2. The molecular weight excluding hydrogens is 404 g/mol. The van der Waals surface area contributed by atoms with E-state index in [1.165, 1.54) is 5.57 Å². The minimum atomic E-state index is -0.875. The van der Waals surface area contributed by atoms with Crippen molar-refractivity contribution < 1.29 is 14.7 Å². The Morgan fingerprint density at radius 2 is 2.06 bits per heavy atom. The third kappa shape index (κ3) is 6.17. The van der Waals surface area contributed by atoms with Gasteiger partial charge in [0.25, 0.3) is 0 Å². The molecule has 1 aliphatic carbocycles. The lowest BCUT2D eigenvalue weighted by atomic mass is 9.69. The maximum absolute atomic E-state index is 12.5. The number of nitrogens with one attached hydrogen (secondary N) is 2. The van der Waals surface area contributed by atoms with E-state index in [2.05, 4.69) is 42.1 Å². The van der Waals surface area contributed by atoms with Crippen molar-refractivity contribution in [2.24, 2.45) is 29.1 Å². The van der Waals surface area contributed by atoms with Gasteiger partial charge in [-0.15, -0.1) is 0 Å². The van der Waals surface area contributed by atoms with Crippen molar-refractivity contribution >= 4 is 22.9 Å². The molecular formula is C25H36N4O3. The highest BCUT2D eigenvalue weighted by atomic mass is 16.4. The third-order valence-electron chi connectivity index (χ3n) is 6.66. The van der Waals surface area contributed by atoms with Gasteiger partial charge in [0.15, 0.2) is 0 Å². The molecule has 2 heterocycles. The van der Waals surface area contributed by atoms with E-state index in [9.17, 15) is 9.59 Å². The number of fused-ring (bicyclic) bond motifs is 1. The zero-order valence-corrected chi connectivity index (χ0v) is 19.8. The molecule has 7 heteroatoms. The number of hydrogen-bond donors (Lipinski definition) is 3. The first-order valence-electron chi connectivity index (χ1n) is 11.5. The molecule has 0 fully saturated rings. The standard InChI is InChI=1S/C25H36N4O3/c1-15(2)19-9-17(10-22-28-20-6-7-26-14-21(20)29-22)16(3)8-18(19)13-27-23(30)11-25(4,5)12-24(31)32/h6-8,14-15,17-19H,9-13H2,1-5H3,(H,27,30)(H,28,29)(H,31,32). The van der Waals surface area contributed by atoms with Crippen molar-refractivity contribution in [3.63, 3.8) is 0 Å². The molecule has 0 aliphatic heterocycles. The number of imidazole rings is 1. The lowest BCUT2D eigenvalue weighted by molar-refractivity contribution is -0.139. The smallest absolute Gasteiger partial charge is 0.303 e. The number of carbonyl (C=O) groups is 2. The van der Waals surface area contributed by atoms with Crippen molar-refractivity contribution in [1.29, 1.82) is 0 Å². The number of aromatic amines is 1. The van der Waals surface area contributed by atoms with Crippen molar-refractivity contribution in [3.05, 3.63) is 35.9 Å². The summed E-state index contributed by atoms with van der Waals surface area (Å²) in [6, 6.07) is 1.92. The monoisotopic (exact) mass is 440 g/mol. The maximum atomic E-state index is 12.5. The fourth-order valence-corrected chi connectivity index (χ4v) is 4.95. The molecule has 0 saturated heterocycles. The predicted molar refractivity (Wildman–Crippen MR) is 125 cm³/mol. The summed E-state index contributed by atoms with van der Waals surface area (Å²) in [6.45, 7) is 10.9. The molecule has 0 saturated carbocycles. The second-order valence-corrected chi connectivity index (χ2v) is 10.4. The number of amides is 1. The molecule has 3 atom stereocenters. The second-order valence-electron chi connectivity index (χ2n) is 10.4. The van der Waals surface area contributed by atoms with Gasteiger partial charge in [-0.05, 0) is 48.5 Å². The summed E-state index contributed by atoms with van der Waals surface area (Å²) in [6.07, 6.45) is 8.01. The van der Waals surface area contributed by atoms with Crippen LogP contribution in [0.2, 0.25) is 0 Å². The number of H-pyrrole nitrogens is 1. The number of allylic oxidation sites excluding steroid dienone is 1. The summed E-state index contributed by atoms with van der Waals surface area (Å²) in [5, 5.41) is 12.1. The van der Waals surface area contributed by atoms with E-state index in [1.54, 1.807) is 6.20 Å². The van der Waals surface area contributed by atoms with Crippen molar-refractivity contribution in [2.45, 2.75) is 60.3 Å². The molecule has 3 unspecified atom stereocenters. The minimum absolute atomic E-state index is 0.0169. The van der Waals surface area contributed by atoms with E-state index in [0.29, 0.717) is 24.3 Å². The van der Waals surface area contributed by atoms with Crippen LogP contribution < -0.4 is 5.32 Å². The molecule has 0 aromatic carbocycles. The van der Waals surface area contributed by atoms with Gasteiger partial charge in [0, 0.05) is 25.6 Å². The fraction of sp³-hybridized carbons (Fsp3) is 0.600. The van der Waals surface area contributed by atoms with Crippen LogP contribution in [0.4, 0.5) is 0 Å². The lowest BCUT2D eigenvalue weighted by Crippen LogP contribution is -2.38. The highest BCUT2D eigenvalue weighted by molar-refractivity contribution is 5.78. The number of aliphatic carboxylic acids is 1. The van der Waals surface area contributed by atoms with Crippen molar-refractivity contribution in [1.82, 2.24) is 20.3 Å². The van der Waals surface area contributed by atoms with Crippen LogP contribution in [-0.2, 0) is 16.0 Å². The summed E-state index contributed by atoms with van der Waals surface area (Å²) in [5.74, 6) is 1.67. The zero-order valence-electron chi connectivity index (χ0n) is 19.8. The van der Waals surface area contributed by atoms with Crippen LogP contribution in [0.3, 0.4) is 0 Å². The molecule has 174 valence electrons. The molecule has 1 amide bonds. The SMILES string of the molecule is CC1=CC(CNC(=O)CC(C)(C)CC(=O)O)C(C(C)C)CC1Cc1nc2ccncc2[nH]1. The van der Waals surface area contributed by atoms with Crippen LogP contribution in [0, 0.1) is 29.1 Å². The Kier molecular flexibility index (Phi) is 7.36. The quantitative estimate of drug-likeness (QED) is 0.502. The van der Waals surface area contributed by atoms with E-state index < -0.39 is 11.4 Å². The maximum Gasteiger partial charge on any atom is 0.303 e. The molecule has 32 heavy (non-hydrogen) atoms. The Balaban J connectivity index is 1.64. The molecule has 0 radical (unpaired) electrons. The van der Waals surface area contributed by atoms with Gasteiger partial charge < -0.3 is 15.4 Å². The topological polar surface area (TPSA) is 108 Å². The zero-order chi connectivity index (χ0) is 23.5. The molecule has 0 bridgehead atoms.